The minimum Gasteiger partial charge on any atom is -0.381 e. The van der Waals surface area contributed by atoms with Crippen LogP contribution in [0.2, 0.25) is 0 Å². The van der Waals surface area contributed by atoms with Crippen molar-refractivity contribution in [2.75, 3.05) is 11.9 Å². The van der Waals surface area contributed by atoms with Gasteiger partial charge < -0.3 is 5.32 Å². The van der Waals surface area contributed by atoms with Crippen molar-refractivity contribution in [1.82, 2.24) is 0 Å². The van der Waals surface area contributed by atoms with Crippen LogP contribution >= 0.6 is 0 Å². The highest BCUT2D eigenvalue weighted by Crippen LogP contribution is 2.34. The summed E-state index contributed by atoms with van der Waals surface area (Å²) in [5, 5.41) is 6.37. The standard InChI is InChI=1S/C12H14N2O/c1-8(2)10-7-11-9(4-3-5-13-11)6-12(10)14-15/h3-4,6-8,13H,5H2,1-2H3. The SMILES string of the molecule is CC(C)c1cc2c(cc1N=O)C=CCN2. The van der Waals surface area contributed by atoms with Gasteiger partial charge in [0.05, 0.1) is 0 Å². The molecular weight excluding hydrogens is 188 g/mol. The fourth-order valence-electron chi connectivity index (χ4n) is 1.81. The van der Waals surface area contributed by atoms with Crippen LogP contribution in [-0.2, 0) is 0 Å². The number of hydrogen-bond acceptors (Lipinski definition) is 3. The van der Waals surface area contributed by atoms with E-state index in [2.05, 4.69) is 24.3 Å². The Hall–Kier alpha value is -1.64. The topological polar surface area (TPSA) is 41.5 Å². The molecule has 3 nitrogen and oxygen atoms in total. The summed E-state index contributed by atoms with van der Waals surface area (Å²) >= 11 is 0. The summed E-state index contributed by atoms with van der Waals surface area (Å²) in [4.78, 5) is 10.7. The average Bonchev–Trinajstić information content (AvgIpc) is 2.27. The third kappa shape index (κ3) is 1.77. The van der Waals surface area contributed by atoms with Gasteiger partial charge in [-0.3, -0.25) is 0 Å². The minimum absolute atomic E-state index is 0.315. The lowest BCUT2D eigenvalue weighted by atomic mass is 9.97. The first-order valence-corrected chi connectivity index (χ1v) is 5.14. The molecule has 0 saturated carbocycles. The molecule has 1 N–H and O–H groups in total. The normalized spacial score (nSPS) is 13.5. The molecule has 2 rings (SSSR count). The zero-order chi connectivity index (χ0) is 10.8. The number of nitrogens with one attached hydrogen (secondary N) is 1. The van der Waals surface area contributed by atoms with Crippen LogP contribution in [0.3, 0.4) is 0 Å². The van der Waals surface area contributed by atoms with E-state index in [1.54, 1.807) is 0 Å². The number of nitroso groups, excluding NO2 is 1. The smallest absolute Gasteiger partial charge is 0.112 e. The van der Waals surface area contributed by atoms with Gasteiger partial charge in [-0.05, 0) is 34.4 Å². The first-order chi connectivity index (χ1) is 7.22. The molecule has 0 atom stereocenters. The third-order valence-electron chi connectivity index (χ3n) is 2.63. The van der Waals surface area contributed by atoms with Crippen molar-refractivity contribution in [1.29, 1.82) is 0 Å². The van der Waals surface area contributed by atoms with Gasteiger partial charge in [0.15, 0.2) is 0 Å². The Labute approximate surface area is 89.2 Å². The minimum atomic E-state index is 0.315. The second-order valence-electron chi connectivity index (χ2n) is 4.03. The summed E-state index contributed by atoms with van der Waals surface area (Å²) < 4.78 is 0. The van der Waals surface area contributed by atoms with Crippen LogP contribution < -0.4 is 5.32 Å². The van der Waals surface area contributed by atoms with Crippen LogP contribution in [-0.4, -0.2) is 6.54 Å². The highest BCUT2D eigenvalue weighted by Gasteiger charge is 2.12. The Morgan fingerprint density at radius 1 is 1.40 bits per heavy atom. The van der Waals surface area contributed by atoms with Crippen molar-refractivity contribution >= 4 is 17.5 Å². The molecule has 78 valence electrons. The molecule has 1 aromatic rings. The van der Waals surface area contributed by atoms with Crippen molar-refractivity contribution in [2.45, 2.75) is 19.8 Å². The van der Waals surface area contributed by atoms with Gasteiger partial charge >= 0.3 is 0 Å². The van der Waals surface area contributed by atoms with Gasteiger partial charge in [-0.25, -0.2) is 0 Å². The zero-order valence-corrected chi connectivity index (χ0v) is 8.95. The molecule has 0 fully saturated rings. The monoisotopic (exact) mass is 202 g/mol. The fourth-order valence-corrected chi connectivity index (χ4v) is 1.81. The van der Waals surface area contributed by atoms with Crippen molar-refractivity contribution in [2.24, 2.45) is 5.18 Å². The summed E-state index contributed by atoms with van der Waals surface area (Å²) in [6, 6.07) is 3.88. The molecule has 3 heteroatoms. The van der Waals surface area contributed by atoms with E-state index in [4.69, 9.17) is 0 Å². The molecule has 1 aliphatic heterocycles. The number of benzene rings is 1. The maximum Gasteiger partial charge on any atom is 0.112 e. The van der Waals surface area contributed by atoms with Gasteiger partial charge in [-0.1, -0.05) is 26.0 Å². The maximum absolute atomic E-state index is 10.7. The molecule has 15 heavy (non-hydrogen) atoms. The summed E-state index contributed by atoms with van der Waals surface area (Å²) in [5.74, 6) is 0.315. The van der Waals surface area contributed by atoms with E-state index < -0.39 is 0 Å². The molecule has 0 aromatic heterocycles. The van der Waals surface area contributed by atoms with Crippen LogP contribution in [0.1, 0.15) is 30.9 Å². The van der Waals surface area contributed by atoms with Crippen LogP contribution in [0.5, 0.6) is 0 Å². The molecular formula is C12H14N2O. The van der Waals surface area contributed by atoms with Gasteiger partial charge in [-0.15, -0.1) is 4.91 Å². The Kier molecular flexibility index (Phi) is 2.54. The van der Waals surface area contributed by atoms with Gasteiger partial charge in [0, 0.05) is 12.2 Å². The highest BCUT2D eigenvalue weighted by molar-refractivity contribution is 5.75. The van der Waals surface area contributed by atoms with Crippen LogP contribution in [0, 0.1) is 4.91 Å². The van der Waals surface area contributed by atoms with Crippen molar-refractivity contribution in [3.63, 3.8) is 0 Å². The molecule has 0 spiro atoms. The Balaban J connectivity index is 2.57. The van der Waals surface area contributed by atoms with Crippen molar-refractivity contribution in [3.8, 4) is 0 Å². The zero-order valence-electron chi connectivity index (χ0n) is 8.95. The van der Waals surface area contributed by atoms with Gasteiger partial charge in [0.2, 0.25) is 0 Å². The molecule has 0 saturated heterocycles. The van der Waals surface area contributed by atoms with E-state index >= 15 is 0 Å². The molecule has 0 bridgehead atoms. The molecule has 1 aromatic carbocycles. The van der Waals surface area contributed by atoms with Crippen LogP contribution in [0.4, 0.5) is 11.4 Å². The third-order valence-corrected chi connectivity index (χ3v) is 2.63. The van der Waals surface area contributed by atoms with Crippen molar-refractivity contribution < 1.29 is 0 Å². The Morgan fingerprint density at radius 2 is 2.20 bits per heavy atom. The Morgan fingerprint density at radius 3 is 2.87 bits per heavy atom. The lowest BCUT2D eigenvalue weighted by Crippen LogP contribution is -2.05. The molecule has 0 aliphatic carbocycles. The van der Waals surface area contributed by atoms with E-state index in [1.165, 1.54) is 0 Å². The molecule has 1 heterocycles. The second kappa shape index (κ2) is 3.85. The first kappa shape index (κ1) is 9.90. The second-order valence-corrected chi connectivity index (χ2v) is 4.03. The molecule has 0 unspecified atom stereocenters. The van der Waals surface area contributed by atoms with Crippen LogP contribution in [0.25, 0.3) is 6.08 Å². The number of hydrogen-bond donors (Lipinski definition) is 1. The maximum atomic E-state index is 10.7. The fraction of sp³-hybridized carbons (Fsp3) is 0.333. The van der Waals surface area contributed by atoms with Gasteiger partial charge in [-0.2, -0.15) is 0 Å². The average molecular weight is 202 g/mol. The predicted octanol–water partition coefficient (Wildman–Crippen LogP) is 3.65. The quantitative estimate of drug-likeness (QED) is 0.744. The van der Waals surface area contributed by atoms with Crippen molar-refractivity contribution in [3.05, 3.63) is 34.2 Å². The lowest BCUT2D eigenvalue weighted by Gasteiger charge is -2.17. The predicted molar refractivity (Wildman–Crippen MR) is 63.5 cm³/mol. The van der Waals surface area contributed by atoms with E-state index in [9.17, 15) is 4.91 Å². The number of rotatable bonds is 2. The lowest BCUT2D eigenvalue weighted by molar-refractivity contribution is 0.866. The number of fused-ring (bicyclic) bond motifs is 1. The molecule has 1 aliphatic rings. The van der Waals surface area contributed by atoms with Gasteiger partial charge in [0.25, 0.3) is 0 Å². The van der Waals surface area contributed by atoms with E-state index in [0.717, 1.165) is 23.4 Å². The molecule has 0 amide bonds. The largest absolute Gasteiger partial charge is 0.381 e. The summed E-state index contributed by atoms with van der Waals surface area (Å²) in [6.07, 6.45) is 4.05. The first-order valence-electron chi connectivity index (χ1n) is 5.14. The Bertz CT molecular complexity index is 422. The van der Waals surface area contributed by atoms with E-state index in [0.29, 0.717) is 11.6 Å². The summed E-state index contributed by atoms with van der Waals surface area (Å²) in [7, 11) is 0. The molecule has 0 radical (unpaired) electrons. The van der Waals surface area contributed by atoms with Gasteiger partial charge in [0.1, 0.15) is 5.69 Å². The summed E-state index contributed by atoms with van der Waals surface area (Å²) in [5.41, 5.74) is 3.69. The number of nitrogens with zero attached hydrogens (tertiary/aromatic N) is 1. The van der Waals surface area contributed by atoms with E-state index in [1.807, 2.05) is 24.3 Å². The summed E-state index contributed by atoms with van der Waals surface area (Å²) in [6.45, 7) is 4.97. The van der Waals surface area contributed by atoms with E-state index in [-0.39, 0.29) is 0 Å². The highest BCUT2D eigenvalue weighted by atomic mass is 16.3. The number of anilines is 1. The van der Waals surface area contributed by atoms with Crippen LogP contribution in [0.15, 0.2) is 23.4 Å².